The first kappa shape index (κ1) is 31.3. The van der Waals surface area contributed by atoms with E-state index in [0.29, 0.717) is 31.4 Å². The molecule has 1 heterocycles. The Morgan fingerprint density at radius 1 is 1.10 bits per heavy atom. The lowest BCUT2D eigenvalue weighted by molar-refractivity contribution is -0.128. The molecule has 1 N–H and O–H groups in total. The van der Waals surface area contributed by atoms with E-state index >= 15 is 0 Å². The van der Waals surface area contributed by atoms with Gasteiger partial charge >= 0.3 is 0 Å². The summed E-state index contributed by atoms with van der Waals surface area (Å²) in [5.74, 6) is 0.562. The molecule has 2 aromatic rings. The molecule has 2 aromatic carbocycles. The lowest BCUT2D eigenvalue weighted by Gasteiger charge is -2.34. The van der Waals surface area contributed by atoms with Crippen LogP contribution in [-0.2, 0) is 19.8 Å². The van der Waals surface area contributed by atoms with Gasteiger partial charge in [0.05, 0.1) is 22.9 Å². The second-order valence-corrected chi connectivity index (χ2v) is 11.4. The largest absolute Gasteiger partial charge is 0.362 e. The van der Waals surface area contributed by atoms with Gasteiger partial charge in [-0.2, -0.15) is 0 Å². The van der Waals surface area contributed by atoms with Crippen molar-refractivity contribution in [2.75, 3.05) is 0 Å². The van der Waals surface area contributed by atoms with E-state index in [0.717, 1.165) is 48.7 Å². The zero-order valence-electron chi connectivity index (χ0n) is 24.5. The molecular weight excluding hydrogens is 502 g/mol. The van der Waals surface area contributed by atoms with E-state index in [9.17, 15) is 14.0 Å². The predicted molar refractivity (Wildman–Crippen MR) is 162 cm³/mol. The van der Waals surface area contributed by atoms with Crippen molar-refractivity contribution >= 4 is 24.0 Å². The molecule has 1 amide bonds. The van der Waals surface area contributed by atoms with Crippen LogP contribution in [0.1, 0.15) is 89.8 Å². The Balaban J connectivity index is 1.65. The van der Waals surface area contributed by atoms with Gasteiger partial charge in [0.2, 0.25) is 12.6 Å². The predicted octanol–water partition coefficient (Wildman–Crippen LogP) is 7.85. The fraction of sp³-hybridized carbons (Fsp3) is 0.485. The average molecular weight is 547 g/mol. The first-order valence-corrected chi connectivity index (χ1v) is 14.7. The third kappa shape index (κ3) is 8.39. The molecule has 0 saturated carbocycles. The summed E-state index contributed by atoms with van der Waals surface area (Å²) in [5, 5.41) is 7.21. The second kappa shape index (κ2) is 15.0. The molecule has 40 heavy (non-hydrogen) atoms. The van der Waals surface area contributed by atoms with Crippen molar-refractivity contribution in [3.63, 3.8) is 0 Å². The highest BCUT2D eigenvalue weighted by Gasteiger charge is 2.40. The minimum absolute atomic E-state index is 0.0464. The van der Waals surface area contributed by atoms with Crippen LogP contribution in [0.15, 0.2) is 72.1 Å². The van der Waals surface area contributed by atoms with Crippen LogP contribution in [0.2, 0.25) is 12.6 Å². The molecule has 0 aliphatic carbocycles. The first-order valence-electron chi connectivity index (χ1n) is 14.7. The molecule has 1 aliphatic heterocycles. The number of rotatable bonds is 14. The van der Waals surface area contributed by atoms with Crippen LogP contribution in [0.4, 0.5) is 4.39 Å². The fourth-order valence-electron chi connectivity index (χ4n) is 5.86. The van der Waals surface area contributed by atoms with Crippen molar-refractivity contribution in [2.24, 2.45) is 11.1 Å². The van der Waals surface area contributed by atoms with Gasteiger partial charge in [0.25, 0.3) is 0 Å². The van der Waals surface area contributed by atoms with E-state index in [1.54, 1.807) is 12.1 Å². The Kier molecular flexibility index (Phi) is 11.7. The molecule has 1 fully saturated rings. The van der Waals surface area contributed by atoms with Gasteiger partial charge < -0.3 is 14.9 Å². The third-order valence-electron chi connectivity index (χ3n) is 8.17. The number of halogens is 1. The number of nitrogens with zero attached hydrogens (tertiary/aromatic N) is 1. The summed E-state index contributed by atoms with van der Waals surface area (Å²) in [6.45, 7) is 11.8. The van der Waals surface area contributed by atoms with E-state index in [1.165, 1.54) is 12.1 Å². The average Bonchev–Trinajstić information content (AvgIpc) is 2.96. The maximum Gasteiger partial charge on any atom is 0.231 e. The van der Waals surface area contributed by atoms with Crippen molar-refractivity contribution in [1.82, 2.24) is 5.32 Å². The SMILES string of the molecule is C=C(ON=C(C)C)C1CCB(C(=O)CCCC(CCC)(C(=O)N[C@@H](C)c2ccc(F)cc2)c2ccccc2)CC1. The van der Waals surface area contributed by atoms with Gasteiger partial charge in [-0.05, 0) is 82.6 Å². The number of hydrogen-bond donors (Lipinski definition) is 1. The summed E-state index contributed by atoms with van der Waals surface area (Å²) in [5.41, 5.74) is 2.21. The van der Waals surface area contributed by atoms with Crippen LogP contribution in [0, 0.1) is 11.7 Å². The van der Waals surface area contributed by atoms with Crippen molar-refractivity contribution < 1.29 is 18.8 Å². The minimum Gasteiger partial charge on any atom is -0.362 e. The summed E-state index contributed by atoms with van der Waals surface area (Å²) in [6.07, 6.45) is 6.62. The van der Waals surface area contributed by atoms with Crippen molar-refractivity contribution in [2.45, 2.75) is 96.7 Å². The topological polar surface area (TPSA) is 67.8 Å². The van der Waals surface area contributed by atoms with E-state index < -0.39 is 5.41 Å². The van der Waals surface area contributed by atoms with Crippen molar-refractivity contribution in [3.05, 3.63) is 83.9 Å². The standard InChI is InChI=1S/C33H44BFN2O3/c1-6-20-33(29-11-8-7-9-12-29,32(39)36-25(4)27-14-16-30(35)17-15-27)21-10-13-31(38)34-22-18-28(19-23-34)26(5)40-37-24(2)3/h7-9,11-12,14-17,25,28H,5-6,10,13,18-23H2,1-4H3,(H,36,39)/t25-,33?/m0/s1. The lowest BCUT2D eigenvalue weighted by Crippen LogP contribution is -2.45. The summed E-state index contributed by atoms with van der Waals surface area (Å²) in [4.78, 5) is 32.6. The molecule has 5 nitrogen and oxygen atoms in total. The number of allylic oxidation sites excluding steroid dienone is 1. The number of hydrogen-bond acceptors (Lipinski definition) is 4. The van der Waals surface area contributed by atoms with Gasteiger partial charge in [0, 0.05) is 5.92 Å². The Hall–Kier alpha value is -3.22. The van der Waals surface area contributed by atoms with Crippen LogP contribution < -0.4 is 5.32 Å². The highest BCUT2D eigenvalue weighted by Crippen LogP contribution is 2.37. The van der Waals surface area contributed by atoms with Crippen LogP contribution in [0.3, 0.4) is 0 Å². The summed E-state index contributed by atoms with van der Waals surface area (Å²) in [7, 11) is 0. The maximum atomic E-state index is 14.0. The molecule has 0 radical (unpaired) electrons. The van der Waals surface area contributed by atoms with Crippen LogP contribution in [0.5, 0.6) is 0 Å². The minimum atomic E-state index is -0.741. The van der Waals surface area contributed by atoms with Gasteiger partial charge in [-0.15, -0.1) is 0 Å². The second-order valence-electron chi connectivity index (χ2n) is 11.4. The summed E-state index contributed by atoms with van der Waals surface area (Å²) in [6, 6.07) is 15.9. The van der Waals surface area contributed by atoms with Crippen LogP contribution >= 0.6 is 0 Å². The zero-order chi connectivity index (χ0) is 29.1. The molecule has 0 aromatic heterocycles. The monoisotopic (exact) mass is 546 g/mol. The van der Waals surface area contributed by atoms with E-state index in [1.807, 2.05) is 51.1 Å². The number of carbonyl (C=O) groups excluding carboxylic acids is 2. The van der Waals surface area contributed by atoms with Gasteiger partial charge in [-0.25, -0.2) is 4.39 Å². The molecule has 1 saturated heterocycles. The lowest BCUT2D eigenvalue weighted by atomic mass is 9.37. The number of nitrogens with one attached hydrogen (secondary N) is 1. The van der Waals surface area contributed by atoms with Crippen LogP contribution in [-0.4, -0.2) is 24.0 Å². The zero-order valence-corrected chi connectivity index (χ0v) is 24.5. The van der Waals surface area contributed by atoms with Crippen molar-refractivity contribution in [3.8, 4) is 0 Å². The number of oxime groups is 1. The van der Waals surface area contributed by atoms with Gasteiger partial charge in [-0.1, -0.05) is 80.2 Å². The Bertz CT molecular complexity index is 1160. The quantitative estimate of drug-likeness (QED) is 0.114. The molecular formula is C33H44BFN2O3. The number of amides is 1. The molecule has 7 heteroatoms. The van der Waals surface area contributed by atoms with E-state index in [4.69, 9.17) is 4.84 Å². The Labute approximate surface area is 239 Å². The fourth-order valence-corrected chi connectivity index (χ4v) is 5.86. The van der Waals surface area contributed by atoms with Crippen molar-refractivity contribution in [1.29, 1.82) is 0 Å². The Morgan fingerprint density at radius 2 is 1.75 bits per heavy atom. The molecule has 214 valence electrons. The molecule has 0 bridgehead atoms. The molecule has 1 unspecified atom stereocenters. The molecule has 1 aliphatic rings. The molecule has 2 atom stereocenters. The first-order chi connectivity index (χ1) is 19.2. The molecule has 0 spiro atoms. The molecule has 3 rings (SSSR count). The third-order valence-corrected chi connectivity index (χ3v) is 8.17. The van der Waals surface area contributed by atoms with E-state index in [2.05, 4.69) is 24.0 Å². The number of benzene rings is 2. The summed E-state index contributed by atoms with van der Waals surface area (Å²) < 4.78 is 13.4. The van der Waals surface area contributed by atoms with E-state index in [-0.39, 0.29) is 36.1 Å². The highest BCUT2D eigenvalue weighted by atomic mass is 19.1. The van der Waals surface area contributed by atoms with Gasteiger partial charge in [-0.3, -0.25) is 4.79 Å². The normalized spacial score (nSPS) is 16.0. The maximum absolute atomic E-state index is 14.0. The number of carbonyl (C=O) groups is 2. The van der Waals surface area contributed by atoms with Gasteiger partial charge in [0.1, 0.15) is 11.6 Å². The Morgan fingerprint density at radius 3 is 2.35 bits per heavy atom. The van der Waals surface area contributed by atoms with Gasteiger partial charge in [0.15, 0.2) is 0 Å². The summed E-state index contributed by atoms with van der Waals surface area (Å²) >= 11 is 0. The smallest absolute Gasteiger partial charge is 0.231 e. The van der Waals surface area contributed by atoms with Crippen LogP contribution in [0.25, 0.3) is 0 Å². The highest BCUT2D eigenvalue weighted by molar-refractivity contribution is 6.90.